The maximum atomic E-state index is 12.2. The summed E-state index contributed by atoms with van der Waals surface area (Å²) in [6.07, 6.45) is 2.72. The molecule has 0 saturated heterocycles. The largest absolute Gasteiger partial charge is 0.382 e. The molecule has 0 aliphatic carbocycles. The van der Waals surface area contributed by atoms with E-state index in [1.165, 1.54) is 17.3 Å². The number of aromatic nitrogens is 2. The van der Waals surface area contributed by atoms with Crippen molar-refractivity contribution in [2.75, 3.05) is 17.7 Å². The Morgan fingerprint density at radius 1 is 1.42 bits per heavy atom. The first-order chi connectivity index (χ1) is 9.11. The molecule has 0 fully saturated rings. The first kappa shape index (κ1) is 12.5. The zero-order chi connectivity index (χ0) is 13.8. The van der Waals surface area contributed by atoms with Gasteiger partial charge in [0.15, 0.2) is 0 Å². The summed E-state index contributed by atoms with van der Waals surface area (Å²) in [5, 5.41) is 8.84. The number of carbonyl (C=O) groups excluding carboxylic acids is 1. The first-order valence-electron chi connectivity index (χ1n) is 5.47. The summed E-state index contributed by atoms with van der Waals surface area (Å²) in [5.41, 5.74) is 6.74. The average molecular weight is 253 g/mol. The van der Waals surface area contributed by atoms with E-state index in [4.69, 9.17) is 11.0 Å². The SMILES string of the molecule is CN(C(=O)c1cncc(N)n1)c1cccc(C#N)c1. The molecule has 2 N–H and O–H groups in total. The van der Waals surface area contributed by atoms with Crippen LogP contribution in [0.15, 0.2) is 36.7 Å². The summed E-state index contributed by atoms with van der Waals surface area (Å²) in [4.78, 5) is 21.3. The third kappa shape index (κ3) is 2.66. The molecule has 1 aromatic carbocycles. The summed E-state index contributed by atoms with van der Waals surface area (Å²) >= 11 is 0. The number of nitrogens with zero attached hydrogens (tertiary/aromatic N) is 4. The van der Waals surface area contributed by atoms with Crippen LogP contribution in [0.25, 0.3) is 0 Å². The Morgan fingerprint density at radius 3 is 2.89 bits per heavy atom. The van der Waals surface area contributed by atoms with E-state index in [0.717, 1.165) is 0 Å². The third-order valence-corrected chi connectivity index (χ3v) is 2.54. The lowest BCUT2D eigenvalue weighted by molar-refractivity contribution is 0.0988. The summed E-state index contributed by atoms with van der Waals surface area (Å²) in [6.45, 7) is 0. The van der Waals surface area contributed by atoms with Crippen LogP contribution in [-0.4, -0.2) is 22.9 Å². The van der Waals surface area contributed by atoms with Crippen LogP contribution in [0.1, 0.15) is 16.1 Å². The van der Waals surface area contributed by atoms with E-state index in [-0.39, 0.29) is 17.4 Å². The molecule has 0 spiro atoms. The quantitative estimate of drug-likeness (QED) is 0.867. The van der Waals surface area contributed by atoms with Crippen molar-refractivity contribution < 1.29 is 4.79 Å². The van der Waals surface area contributed by atoms with Crippen molar-refractivity contribution in [3.63, 3.8) is 0 Å². The highest BCUT2D eigenvalue weighted by molar-refractivity contribution is 6.04. The molecule has 94 valence electrons. The number of carbonyl (C=O) groups is 1. The molecule has 19 heavy (non-hydrogen) atoms. The van der Waals surface area contributed by atoms with Gasteiger partial charge < -0.3 is 10.6 Å². The fraction of sp³-hybridized carbons (Fsp3) is 0.0769. The predicted molar refractivity (Wildman–Crippen MR) is 70.3 cm³/mol. The fourth-order valence-corrected chi connectivity index (χ4v) is 1.56. The van der Waals surface area contributed by atoms with Gasteiger partial charge in [-0.3, -0.25) is 9.78 Å². The van der Waals surface area contributed by atoms with Gasteiger partial charge in [0, 0.05) is 12.7 Å². The molecule has 0 unspecified atom stereocenters. The molecule has 0 bridgehead atoms. The number of amides is 1. The number of nitrogens with two attached hydrogens (primary N) is 1. The Hall–Kier alpha value is -2.94. The summed E-state index contributed by atoms with van der Waals surface area (Å²) in [6, 6.07) is 8.76. The van der Waals surface area contributed by atoms with Crippen LogP contribution in [0.2, 0.25) is 0 Å². The third-order valence-electron chi connectivity index (χ3n) is 2.54. The highest BCUT2D eigenvalue weighted by Crippen LogP contribution is 2.16. The van der Waals surface area contributed by atoms with E-state index in [0.29, 0.717) is 11.3 Å². The van der Waals surface area contributed by atoms with Crippen LogP contribution in [0.5, 0.6) is 0 Å². The van der Waals surface area contributed by atoms with E-state index in [2.05, 4.69) is 9.97 Å². The van der Waals surface area contributed by atoms with Gasteiger partial charge in [0.25, 0.3) is 5.91 Å². The van der Waals surface area contributed by atoms with E-state index in [1.54, 1.807) is 31.3 Å². The normalized spacial score (nSPS) is 9.68. The fourth-order valence-electron chi connectivity index (χ4n) is 1.56. The molecule has 1 amide bonds. The van der Waals surface area contributed by atoms with E-state index < -0.39 is 0 Å². The second kappa shape index (κ2) is 5.14. The molecule has 2 rings (SSSR count). The van der Waals surface area contributed by atoms with Gasteiger partial charge in [-0.1, -0.05) is 6.07 Å². The summed E-state index contributed by atoms with van der Waals surface area (Å²) < 4.78 is 0. The van der Waals surface area contributed by atoms with Gasteiger partial charge in [0.05, 0.1) is 24.0 Å². The van der Waals surface area contributed by atoms with E-state index in [1.807, 2.05) is 6.07 Å². The molecule has 1 heterocycles. The van der Waals surface area contributed by atoms with Crippen LogP contribution in [0.4, 0.5) is 11.5 Å². The molecule has 2 aromatic rings. The van der Waals surface area contributed by atoms with Gasteiger partial charge >= 0.3 is 0 Å². The molecule has 0 atom stereocenters. The highest BCUT2D eigenvalue weighted by Gasteiger charge is 2.15. The van der Waals surface area contributed by atoms with Crippen molar-refractivity contribution in [2.45, 2.75) is 0 Å². The standard InChI is InChI=1S/C13H11N5O/c1-18(10-4-2-3-9(5-10)6-14)13(19)11-7-16-8-12(15)17-11/h2-5,7-8H,1H3,(H2,15,17). The number of nitrogen functional groups attached to an aromatic ring is 1. The van der Waals surface area contributed by atoms with Crippen LogP contribution in [0, 0.1) is 11.3 Å². The van der Waals surface area contributed by atoms with Crippen LogP contribution in [0.3, 0.4) is 0 Å². The van der Waals surface area contributed by atoms with Crippen LogP contribution >= 0.6 is 0 Å². The van der Waals surface area contributed by atoms with Gasteiger partial charge in [0.1, 0.15) is 11.5 Å². The van der Waals surface area contributed by atoms with Crippen LogP contribution < -0.4 is 10.6 Å². The maximum Gasteiger partial charge on any atom is 0.278 e. The van der Waals surface area contributed by atoms with Gasteiger partial charge in [-0.05, 0) is 18.2 Å². The second-order valence-electron chi connectivity index (χ2n) is 3.86. The smallest absolute Gasteiger partial charge is 0.278 e. The van der Waals surface area contributed by atoms with Crippen molar-refractivity contribution in [3.05, 3.63) is 47.9 Å². The van der Waals surface area contributed by atoms with Gasteiger partial charge in [-0.15, -0.1) is 0 Å². The van der Waals surface area contributed by atoms with Crippen molar-refractivity contribution in [3.8, 4) is 6.07 Å². The second-order valence-corrected chi connectivity index (χ2v) is 3.86. The Labute approximate surface area is 110 Å². The Morgan fingerprint density at radius 2 is 2.21 bits per heavy atom. The number of anilines is 2. The van der Waals surface area contributed by atoms with Gasteiger partial charge in [-0.2, -0.15) is 5.26 Å². The Kier molecular flexibility index (Phi) is 3.39. The first-order valence-corrected chi connectivity index (χ1v) is 5.47. The molecule has 0 radical (unpaired) electrons. The molecule has 6 nitrogen and oxygen atoms in total. The number of hydrogen-bond donors (Lipinski definition) is 1. The average Bonchev–Trinajstić information content (AvgIpc) is 2.45. The molecule has 1 aromatic heterocycles. The minimum atomic E-state index is -0.338. The van der Waals surface area contributed by atoms with Crippen molar-refractivity contribution in [1.29, 1.82) is 5.26 Å². The molecular weight excluding hydrogens is 242 g/mol. The minimum Gasteiger partial charge on any atom is -0.382 e. The zero-order valence-corrected chi connectivity index (χ0v) is 10.2. The molecule has 0 aliphatic rings. The van der Waals surface area contributed by atoms with Gasteiger partial charge in [-0.25, -0.2) is 4.98 Å². The number of nitriles is 1. The topological polar surface area (TPSA) is 95.9 Å². The Bertz CT molecular complexity index is 662. The summed E-state index contributed by atoms with van der Waals surface area (Å²) in [7, 11) is 1.60. The van der Waals surface area contributed by atoms with Crippen molar-refractivity contribution in [1.82, 2.24) is 9.97 Å². The molecule has 0 saturated carbocycles. The molecular formula is C13H11N5O. The summed E-state index contributed by atoms with van der Waals surface area (Å²) in [5.74, 6) is -0.153. The number of rotatable bonds is 2. The van der Waals surface area contributed by atoms with Crippen molar-refractivity contribution >= 4 is 17.4 Å². The molecule has 0 aliphatic heterocycles. The number of benzene rings is 1. The van der Waals surface area contributed by atoms with Crippen LogP contribution in [-0.2, 0) is 0 Å². The lowest BCUT2D eigenvalue weighted by atomic mass is 10.2. The lowest BCUT2D eigenvalue weighted by Crippen LogP contribution is -2.27. The minimum absolute atomic E-state index is 0.157. The predicted octanol–water partition coefficient (Wildman–Crippen LogP) is 1.21. The number of hydrogen-bond acceptors (Lipinski definition) is 5. The highest BCUT2D eigenvalue weighted by atomic mass is 16.2. The van der Waals surface area contributed by atoms with Crippen molar-refractivity contribution in [2.24, 2.45) is 0 Å². The monoisotopic (exact) mass is 253 g/mol. The zero-order valence-electron chi connectivity index (χ0n) is 10.2. The van der Waals surface area contributed by atoms with Gasteiger partial charge in [0.2, 0.25) is 0 Å². The van der Waals surface area contributed by atoms with E-state index in [9.17, 15) is 4.79 Å². The molecule has 6 heteroatoms. The van der Waals surface area contributed by atoms with E-state index >= 15 is 0 Å². The lowest BCUT2D eigenvalue weighted by Gasteiger charge is -2.16. The Balaban J connectivity index is 2.31. The maximum absolute atomic E-state index is 12.2.